The Balaban J connectivity index is 1.09. The zero-order chi connectivity index (χ0) is 45.9. The fourth-order valence-corrected chi connectivity index (χ4v) is 11.4. The van der Waals surface area contributed by atoms with Crippen molar-refractivity contribution >= 4 is 87.2 Å². The van der Waals surface area contributed by atoms with Gasteiger partial charge in [-0.15, -0.1) is 0 Å². The molecule has 7 heteroatoms. The van der Waals surface area contributed by atoms with Crippen LogP contribution in [0.4, 0.5) is 0 Å². The van der Waals surface area contributed by atoms with E-state index in [1.165, 1.54) is 21.5 Å². The molecule has 0 radical (unpaired) electrons. The molecule has 0 bridgehead atoms. The first-order chi connectivity index (χ1) is 34.8. The van der Waals surface area contributed by atoms with Gasteiger partial charge in [-0.3, -0.25) is 9.13 Å². The van der Waals surface area contributed by atoms with E-state index in [1.807, 2.05) is 0 Å². The second-order valence-electron chi connectivity index (χ2n) is 18.0. The first-order valence-corrected chi connectivity index (χ1v) is 23.7. The van der Waals surface area contributed by atoms with Gasteiger partial charge in [0.1, 0.15) is 0 Å². The smallest absolute Gasteiger partial charge is 0.240 e. The number of rotatable bonds is 6. The molecular weight excluding hydrogens is 855 g/mol. The van der Waals surface area contributed by atoms with Gasteiger partial charge in [0.2, 0.25) is 11.9 Å². The monoisotopic (exact) mass is 893 g/mol. The molecule has 7 nitrogen and oxygen atoms in total. The van der Waals surface area contributed by atoms with Crippen molar-refractivity contribution in [2.45, 2.75) is 0 Å². The molecule has 0 spiro atoms. The highest BCUT2D eigenvalue weighted by molar-refractivity contribution is 6.13. The van der Waals surface area contributed by atoms with Crippen LogP contribution < -0.4 is 0 Å². The van der Waals surface area contributed by atoms with Gasteiger partial charge in [-0.05, 0) is 66.2 Å². The molecule has 0 N–H and O–H groups in total. The molecule has 0 saturated heterocycles. The van der Waals surface area contributed by atoms with E-state index in [4.69, 9.17) is 15.0 Å². The largest absolute Gasteiger partial charge is 0.309 e. The van der Waals surface area contributed by atoms with Crippen LogP contribution in [0.25, 0.3) is 133 Å². The van der Waals surface area contributed by atoms with Crippen LogP contribution in [0.1, 0.15) is 0 Å². The standard InChI is InChI=1S/C63H39N7/c1-2-29-49(61-64-62(69-54-34-15-7-24-44(54)45-25-8-16-35-55(45)69)66-63(65-61)70-56-36-17-9-26-46(56)47-27-10-18-37-57(47)70)48(28-1)60-58(67-50-30-11-3-20-40(50)41-21-4-12-31-51(41)67)38-19-39-59(60)68-52-32-13-5-22-42(52)43-23-6-14-33-53(43)68/h1-39H. The number of para-hydroxylation sites is 8. The van der Waals surface area contributed by atoms with Crippen molar-refractivity contribution < 1.29 is 0 Å². The summed E-state index contributed by atoms with van der Waals surface area (Å²) in [5.74, 6) is 1.63. The van der Waals surface area contributed by atoms with Gasteiger partial charge in [0.15, 0.2) is 5.82 Å². The average molecular weight is 894 g/mol. The Morgan fingerprint density at radius 1 is 0.214 bits per heavy atom. The highest BCUT2D eigenvalue weighted by Gasteiger charge is 2.26. The van der Waals surface area contributed by atoms with Crippen molar-refractivity contribution in [2.24, 2.45) is 0 Å². The van der Waals surface area contributed by atoms with Gasteiger partial charge in [0, 0.05) is 54.2 Å². The minimum absolute atomic E-state index is 0.535. The van der Waals surface area contributed by atoms with Crippen molar-refractivity contribution in [3.05, 3.63) is 237 Å². The number of hydrogen-bond acceptors (Lipinski definition) is 3. The Kier molecular flexibility index (Phi) is 8.23. The zero-order valence-corrected chi connectivity index (χ0v) is 37.6. The molecule has 0 aliphatic heterocycles. The van der Waals surface area contributed by atoms with Gasteiger partial charge in [-0.2, -0.15) is 15.0 Å². The third-order valence-corrected chi connectivity index (χ3v) is 14.3. The predicted molar refractivity (Wildman–Crippen MR) is 288 cm³/mol. The first kappa shape index (κ1) is 38.5. The molecule has 0 atom stereocenters. The van der Waals surface area contributed by atoms with E-state index in [0.29, 0.717) is 17.7 Å². The van der Waals surface area contributed by atoms with Crippen LogP contribution in [0.3, 0.4) is 0 Å². The molecule has 5 aromatic heterocycles. The fourth-order valence-electron chi connectivity index (χ4n) is 11.4. The summed E-state index contributed by atoms with van der Waals surface area (Å²) in [7, 11) is 0. The molecule has 0 aliphatic rings. The lowest BCUT2D eigenvalue weighted by Gasteiger charge is -2.22. The Morgan fingerprint density at radius 2 is 0.471 bits per heavy atom. The molecular formula is C63H39N7. The molecule has 0 amide bonds. The minimum Gasteiger partial charge on any atom is -0.309 e. The molecule has 0 unspecified atom stereocenters. The Morgan fingerprint density at radius 3 is 0.786 bits per heavy atom. The van der Waals surface area contributed by atoms with Crippen molar-refractivity contribution in [1.29, 1.82) is 0 Å². The van der Waals surface area contributed by atoms with E-state index in [1.54, 1.807) is 0 Å². The summed E-state index contributed by atoms with van der Waals surface area (Å²) in [5, 5.41) is 9.33. The second-order valence-corrected chi connectivity index (χ2v) is 18.0. The molecule has 326 valence electrons. The van der Waals surface area contributed by atoms with E-state index in [0.717, 1.165) is 93.7 Å². The normalized spacial score (nSPS) is 12.0. The maximum absolute atomic E-state index is 5.60. The third kappa shape index (κ3) is 5.48. The van der Waals surface area contributed by atoms with Crippen LogP contribution in [0, 0.1) is 0 Å². The summed E-state index contributed by atoms with van der Waals surface area (Å²) in [4.78, 5) is 16.7. The molecule has 0 aliphatic carbocycles. The molecule has 10 aromatic carbocycles. The molecule has 15 rings (SSSR count). The van der Waals surface area contributed by atoms with Gasteiger partial charge in [0.05, 0.1) is 55.5 Å². The van der Waals surface area contributed by atoms with Gasteiger partial charge < -0.3 is 9.13 Å². The van der Waals surface area contributed by atoms with E-state index in [-0.39, 0.29) is 0 Å². The van der Waals surface area contributed by atoms with Crippen molar-refractivity contribution in [1.82, 2.24) is 33.2 Å². The maximum atomic E-state index is 5.60. The van der Waals surface area contributed by atoms with E-state index in [2.05, 4.69) is 255 Å². The van der Waals surface area contributed by atoms with Crippen LogP contribution in [0.15, 0.2) is 237 Å². The average Bonchev–Trinajstić information content (AvgIpc) is 4.16. The van der Waals surface area contributed by atoms with Crippen LogP contribution in [-0.2, 0) is 0 Å². The highest BCUT2D eigenvalue weighted by Crippen LogP contribution is 2.45. The third-order valence-electron chi connectivity index (χ3n) is 14.3. The van der Waals surface area contributed by atoms with Gasteiger partial charge >= 0.3 is 0 Å². The van der Waals surface area contributed by atoms with Crippen LogP contribution >= 0.6 is 0 Å². The summed E-state index contributed by atoms with van der Waals surface area (Å²) < 4.78 is 9.28. The Bertz CT molecular complexity index is 4140. The van der Waals surface area contributed by atoms with Crippen LogP contribution in [-0.4, -0.2) is 33.2 Å². The Hall–Kier alpha value is -9.59. The quantitative estimate of drug-likeness (QED) is 0.167. The van der Waals surface area contributed by atoms with E-state index >= 15 is 0 Å². The summed E-state index contributed by atoms with van der Waals surface area (Å²) in [6.45, 7) is 0. The summed E-state index contributed by atoms with van der Waals surface area (Å²) >= 11 is 0. The minimum atomic E-state index is 0.535. The lowest BCUT2D eigenvalue weighted by Crippen LogP contribution is -2.11. The van der Waals surface area contributed by atoms with Gasteiger partial charge in [-0.25, -0.2) is 0 Å². The number of nitrogens with zero attached hydrogens (tertiary/aromatic N) is 7. The van der Waals surface area contributed by atoms with E-state index < -0.39 is 0 Å². The summed E-state index contributed by atoms with van der Waals surface area (Å²) in [6, 6.07) is 84.5. The molecule has 70 heavy (non-hydrogen) atoms. The molecule has 15 aromatic rings. The van der Waals surface area contributed by atoms with Gasteiger partial charge in [-0.1, -0.05) is 176 Å². The van der Waals surface area contributed by atoms with Crippen LogP contribution in [0.2, 0.25) is 0 Å². The van der Waals surface area contributed by atoms with Crippen LogP contribution in [0.5, 0.6) is 0 Å². The number of hydrogen-bond donors (Lipinski definition) is 0. The summed E-state index contributed by atoms with van der Waals surface area (Å²) in [5.41, 5.74) is 13.6. The fraction of sp³-hybridized carbons (Fsp3) is 0. The maximum Gasteiger partial charge on any atom is 0.240 e. The number of fused-ring (bicyclic) bond motifs is 12. The predicted octanol–water partition coefficient (Wildman–Crippen LogP) is 15.6. The lowest BCUT2D eigenvalue weighted by molar-refractivity contribution is 0.893. The first-order valence-electron chi connectivity index (χ1n) is 23.7. The summed E-state index contributed by atoms with van der Waals surface area (Å²) in [6.07, 6.45) is 0. The topological polar surface area (TPSA) is 58.4 Å². The second kappa shape index (κ2) is 15.0. The number of aromatic nitrogens is 7. The van der Waals surface area contributed by atoms with E-state index in [9.17, 15) is 0 Å². The zero-order valence-electron chi connectivity index (χ0n) is 37.6. The lowest BCUT2D eigenvalue weighted by atomic mass is 9.95. The molecule has 5 heterocycles. The van der Waals surface area contributed by atoms with Crippen molar-refractivity contribution in [2.75, 3.05) is 0 Å². The Labute approximate surface area is 401 Å². The van der Waals surface area contributed by atoms with Crippen molar-refractivity contribution in [3.63, 3.8) is 0 Å². The molecule has 0 fully saturated rings. The van der Waals surface area contributed by atoms with Gasteiger partial charge in [0.25, 0.3) is 0 Å². The SMILES string of the molecule is c1ccc(-c2c(-n3c4ccccc4c4ccccc43)cccc2-n2c3ccccc3c3ccccc32)c(-c2nc(-n3c4ccccc4c4ccccc43)nc(-n3c4ccccc4c4ccccc43)n2)c1. The van der Waals surface area contributed by atoms with Crippen molar-refractivity contribution in [3.8, 4) is 45.8 Å². The highest BCUT2D eigenvalue weighted by atomic mass is 15.3. The number of benzene rings is 10. The molecule has 0 saturated carbocycles.